The number of thiophene rings is 1. The third-order valence-corrected chi connectivity index (χ3v) is 5.73. The third-order valence-electron chi connectivity index (χ3n) is 4.76. The molecule has 0 saturated carbocycles. The molecule has 3 heterocycles. The molecule has 2 saturated heterocycles. The summed E-state index contributed by atoms with van der Waals surface area (Å²) in [5, 5.41) is 2.24. The summed E-state index contributed by atoms with van der Waals surface area (Å²) in [6, 6.07) is 2.24. The summed E-state index contributed by atoms with van der Waals surface area (Å²) < 4.78 is 19.0. The van der Waals surface area contributed by atoms with Gasteiger partial charge in [-0.15, -0.1) is 0 Å². The maximum absolute atomic E-state index is 6.11. The highest BCUT2D eigenvalue weighted by molar-refractivity contribution is 7.20. The fourth-order valence-corrected chi connectivity index (χ4v) is 3.61. The lowest BCUT2D eigenvalue weighted by Gasteiger charge is -2.32. The Hall–Kier alpha value is -0.355. The first-order valence-electron chi connectivity index (χ1n) is 7.41. The summed E-state index contributed by atoms with van der Waals surface area (Å²) in [5.74, 6) is 0.538. The normalized spacial score (nSPS) is 28.8. The zero-order valence-electron chi connectivity index (χ0n) is 12.8. The Balaban J connectivity index is 1.74. The standard InChI is InChI=1S/C15H23BO3S/c1-14(2)15(3,4)19-16(18-14)13-8-12(10-20-13)11-6-5-7-17-9-11/h8,10-11H,5-7,9H2,1-4H3. The summed E-state index contributed by atoms with van der Waals surface area (Å²) in [6.45, 7) is 10.1. The Morgan fingerprint density at radius 1 is 1.20 bits per heavy atom. The molecule has 0 aliphatic carbocycles. The summed E-state index contributed by atoms with van der Waals surface area (Å²) in [7, 11) is -0.233. The fourth-order valence-electron chi connectivity index (χ4n) is 2.67. The highest BCUT2D eigenvalue weighted by atomic mass is 32.1. The second-order valence-electron chi connectivity index (χ2n) is 6.78. The average molecular weight is 294 g/mol. The van der Waals surface area contributed by atoms with Crippen molar-refractivity contribution in [2.75, 3.05) is 13.2 Å². The van der Waals surface area contributed by atoms with Crippen molar-refractivity contribution in [2.24, 2.45) is 0 Å². The van der Waals surface area contributed by atoms with Gasteiger partial charge in [0.1, 0.15) is 0 Å². The zero-order chi connectivity index (χ0) is 14.4. The van der Waals surface area contributed by atoms with Gasteiger partial charge in [-0.3, -0.25) is 0 Å². The number of ether oxygens (including phenoxy) is 1. The highest BCUT2D eigenvalue weighted by Crippen LogP contribution is 2.37. The number of hydrogen-bond acceptors (Lipinski definition) is 4. The molecule has 3 rings (SSSR count). The molecule has 1 aromatic rings. The summed E-state index contributed by atoms with van der Waals surface area (Å²) in [6.07, 6.45) is 2.38. The third kappa shape index (κ3) is 2.57. The van der Waals surface area contributed by atoms with E-state index < -0.39 is 0 Å². The summed E-state index contributed by atoms with van der Waals surface area (Å²) >= 11 is 1.74. The first kappa shape index (κ1) is 14.6. The van der Waals surface area contributed by atoms with Crippen LogP contribution in [0.25, 0.3) is 0 Å². The van der Waals surface area contributed by atoms with E-state index in [1.807, 2.05) is 0 Å². The van der Waals surface area contributed by atoms with Gasteiger partial charge in [-0.05, 0) is 57.5 Å². The Labute approximate surface area is 125 Å². The average Bonchev–Trinajstić information content (AvgIpc) is 2.94. The molecule has 20 heavy (non-hydrogen) atoms. The lowest BCUT2D eigenvalue weighted by molar-refractivity contribution is 0.00578. The Morgan fingerprint density at radius 2 is 1.90 bits per heavy atom. The second kappa shape index (κ2) is 5.13. The molecule has 110 valence electrons. The molecule has 2 aliphatic heterocycles. The highest BCUT2D eigenvalue weighted by Gasteiger charge is 2.52. The van der Waals surface area contributed by atoms with Crippen LogP contribution in [0.3, 0.4) is 0 Å². The topological polar surface area (TPSA) is 27.7 Å². The largest absolute Gasteiger partial charge is 0.505 e. The van der Waals surface area contributed by atoms with Gasteiger partial charge in [-0.25, -0.2) is 0 Å². The minimum Gasteiger partial charge on any atom is -0.399 e. The van der Waals surface area contributed by atoms with Crippen molar-refractivity contribution in [3.63, 3.8) is 0 Å². The molecule has 2 aliphatic rings. The van der Waals surface area contributed by atoms with E-state index in [1.165, 1.54) is 16.8 Å². The molecule has 1 unspecified atom stereocenters. The van der Waals surface area contributed by atoms with Gasteiger partial charge in [0.2, 0.25) is 0 Å². The van der Waals surface area contributed by atoms with Gasteiger partial charge < -0.3 is 14.0 Å². The molecule has 5 heteroatoms. The zero-order valence-corrected chi connectivity index (χ0v) is 13.6. The number of rotatable bonds is 2. The van der Waals surface area contributed by atoms with E-state index in [0.29, 0.717) is 5.92 Å². The molecule has 1 atom stereocenters. The van der Waals surface area contributed by atoms with Crippen LogP contribution in [0.2, 0.25) is 0 Å². The van der Waals surface area contributed by atoms with Crippen LogP contribution in [0.15, 0.2) is 11.4 Å². The van der Waals surface area contributed by atoms with E-state index in [-0.39, 0.29) is 18.3 Å². The smallest absolute Gasteiger partial charge is 0.399 e. The van der Waals surface area contributed by atoms with E-state index >= 15 is 0 Å². The van der Waals surface area contributed by atoms with Gasteiger partial charge in [0.05, 0.1) is 17.8 Å². The van der Waals surface area contributed by atoms with Gasteiger partial charge in [0.15, 0.2) is 0 Å². The van der Waals surface area contributed by atoms with Crippen LogP contribution in [0.1, 0.15) is 52.0 Å². The Kier molecular flexibility index (Phi) is 3.74. The molecule has 2 fully saturated rings. The van der Waals surface area contributed by atoms with Crippen LogP contribution in [0.5, 0.6) is 0 Å². The van der Waals surface area contributed by atoms with Crippen LogP contribution in [0.4, 0.5) is 0 Å². The SMILES string of the molecule is CC1(C)OB(c2cc(C3CCCOC3)cs2)OC1(C)C. The van der Waals surface area contributed by atoms with Gasteiger partial charge in [0, 0.05) is 17.3 Å². The molecule has 1 aromatic heterocycles. The van der Waals surface area contributed by atoms with E-state index in [2.05, 4.69) is 39.1 Å². The van der Waals surface area contributed by atoms with Crippen LogP contribution < -0.4 is 4.78 Å². The van der Waals surface area contributed by atoms with Gasteiger partial charge >= 0.3 is 7.12 Å². The predicted molar refractivity (Wildman–Crippen MR) is 82.8 cm³/mol. The van der Waals surface area contributed by atoms with Crippen molar-refractivity contribution in [1.29, 1.82) is 0 Å². The Bertz CT molecular complexity index is 461. The summed E-state index contributed by atoms with van der Waals surface area (Å²) in [5.41, 5.74) is 0.838. The minimum absolute atomic E-state index is 0.233. The van der Waals surface area contributed by atoms with Crippen LogP contribution in [0, 0.1) is 0 Å². The molecule has 0 aromatic carbocycles. The maximum Gasteiger partial charge on any atom is 0.505 e. The fraction of sp³-hybridized carbons (Fsp3) is 0.733. The quantitative estimate of drug-likeness (QED) is 0.785. The van der Waals surface area contributed by atoms with Gasteiger partial charge in [-0.1, -0.05) is 0 Å². The lowest BCUT2D eigenvalue weighted by atomic mass is 9.85. The minimum atomic E-state index is -0.268. The van der Waals surface area contributed by atoms with Crippen LogP contribution in [-0.4, -0.2) is 31.5 Å². The molecular weight excluding hydrogens is 271 g/mol. The molecule has 0 bridgehead atoms. The van der Waals surface area contributed by atoms with E-state index in [1.54, 1.807) is 11.3 Å². The van der Waals surface area contributed by atoms with Crippen molar-refractivity contribution < 1.29 is 14.0 Å². The first-order chi connectivity index (χ1) is 9.39. The van der Waals surface area contributed by atoms with Crippen molar-refractivity contribution in [1.82, 2.24) is 0 Å². The molecule has 0 N–H and O–H groups in total. The molecule has 0 spiro atoms. The molecule has 3 nitrogen and oxygen atoms in total. The van der Waals surface area contributed by atoms with Crippen molar-refractivity contribution in [2.45, 2.75) is 57.7 Å². The second-order valence-corrected chi connectivity index (χ2v) is 7.73. The van der Waals surface area contributed by atoms with Crippen LogP contribution in [-0.2, 0) is 14.0 Å². The van der Waals surface area contributed by atoms with E-state index in [9.17, 15) is 0 Å². The molecular formula is C15H23BO3S. The van der Waals surface area contributed by atoms with Crippen molar-refractivity contribution in [3.8, 4) is 0 Å². The van der Waals surface area contributed by atoms with E-state index in [4.69, 9.17) is 14.0 Å². The molecule has 0 radical (unpaired) electrons. The molecule has 0 amide bonds. The van der Waals surface area contributed by atoms with Crippen molar-refractivity contribution >= 4 is 23.2 Å². The van der Waals surface area contributed by atoms with Gasteiger partial charge in [0.25, 0.3) is 0 Å². The monoisotopic (exact) mass is 294 g/mol. The number of hydrogen-bond donors (Lipinski definition) is 0. The maximum atomic E-state index is 6.11. The summed E-state index contributed by atoms with van der Waals surface area (Å²) in [4.78, 5) is 0. The van der Waals surface area contributed by atoms with Gasteiger partial charge in [-0.2, -0.15) is 11.3 Å². The van der Waals surface area contributed by atoms with Crippen molar-refractivity contribution in [3.05, 3.63) is 17.0 Å². The predicted octanol–water partition coefficient (Wildman–Crippen LogP) is 2.94. The Morgan fingerprint density at radius 3 is 2.50 bits per heavy atom. The lowest BCUT2D eigenvalue weighted by Crippen LogP contribution is -2.41. The van der Waals surface area contributed by atoms with E-state index in [0.717, 1.165) is 19.6 Å². The first-order valence-corrected chi connectivity index (χ1v) is 8.29. The van der Waals surface area contributed by atoms with Crippen LogP contribution >= 0.6 is 11.3 Å².